The van der Waals surface area contributed by atoms with Crippen molar-refractivity contribution in [2.75, 3.05) is 6.61 Å². The first-order valence-electron chi connectivity index (χ1n) is 7.63. The first-order chi connectivity index (χ1) is 11.0. The van der Waals surface area contributed by atoms with Crippen LogP contribution >= 0.6 is 11.6 Å². The lowest BCUT2D eigenvalue weighted by molar-refractivity contribution is -0.123. The number of rotatable bonds is 5. The maximum Gasteiger partial charge on any atom is 0.258 e. The minimum Gasteiger partial charge on any atom is -0.480 e. The van der Waals surface area contributed by atoms with Gasteiger partial charge in [-0.05, 0) is 38.0 Å². The molecule has 1 aromatic carbocycles. The fourth-order valence-corrected chi connectivity index (χ4v) is 3.01. The van der Waals surface area contributed by atoms with Crippen LogP contribution in [0.1, 0.15) is 29.3 Å². The van der Waals surface area contributed by atoms with Crippen molar-refractivity contribution in [2.45, 2.75) is 32.2 Å². The number of nitrogens with zero attached hydrogens (tertiary/aromatic N) is 2. The minimum absolute atomic E-state index is 0.00609. The molecule has 2 atom stereocenters. The zero-order valence-electron chi connectivity index (χ0n) is 13.5. The van der Waals surface area contributed by atoms with Crippen LogP contribution in [0.25, 0.3) is 0 Å². The number of aryl methyl sites for hydroxylation is 2. The van der Waals surface area contributed by atoms with Crippen LogP contribution in [0, 0.1) is 13.8 Å². The van der Waals surface area contributed by atoms with Gasteiger partial charge in [-0.1, -0.05) is 23.7 Å². The molecule has 0 spiro atoms. The van der Waals surface area contributed by atoms with E-state index in [9.17, 15) is 4.79 Å². The highest BCUT2D eigenvalue weighted by atomic mass is 35.5. The molecule has 2 aromatic rings. The molecule has 0 saturated heterocycles. The van der Waals surface area contributed by atoms with E-state index in [1.54, 1.807) is 4.68 Å². The van der Waals surface area contributed by atoms with Gasteiger partial charge in [0.15, 0.2) is 12.4 Å². The van der Waals surface area contributed by atoms with Crippen LogP contribution in [-0.4, -0.2) is 28.3 Å². The van der Waals surface area contributed by atoms with Crippen LogP contribution in [0.15, 0.2) is 24.3 Å². The summed E-state index contributed by atoms with van der Waals surface area (Å²) >= 11 is 6.00. The molecule has 1 fully saturated rings. The molecule has 1 N–H and O–H groups in total. The molecule has 1 heterocycles. The Labute approximate surface area is 140 Å². The Hall–Kier alpha value is -2.01. The topological polar surface area (TPSA) is 56.2 Å². The molecule has 1 saturated carbocycles. The van der Waals surface area contributed by atoms with Gasteiger partial charge in [-0.2, -0.15) is 5.10 Å². The Bertz CT molecular complexity index is 741. The van der Waals surface area contributed by atoms with Gasteiger partial charge in [-0.15, -0.1) is 0 Å². The zero-order chi connectivity index (χ0) is 16.6. The molecule has 0 radical (unpaired) electrons. The molecular weight excluding hydrogens is 314 g/mol. The number of benzene rings is 1. The number of nitrogens with one attached hydrogen (secondary N) is 1. The summed E-state index contributed by atoms with van der Waals surface area (Å²) in [5.74, 6) is 0.923. The summed E-state index contributed by atoms with van der Waals surface area (Å²) in [5, 5.41) is 8.00. The Morgan fingerprint density at radius 1 is 1.48 bits per heavy atom. The molecule has 0 unspecified atom stereocenters. The van der Waals surface area contributed by atoms with Crippen molar-refractivity contribution in [3.05, 3.63) is 46.2 Å². The third kappa shape index (κ3) is 3.50. The Morgan fingerprint density at radius 2 is 2.26 bits per heavy atom. The standard InChI is InChI=1S/C17H20ClN3O2/c1-10-17(11(2)21(3)20-10)23-9-16(22)19-15-8-14(15)12-5-4-6-13(18)7-12/h4-7,14-15H,8-9H2,1-3H3,(H,19,22)/t14-,15+/m0/s1. The molecule has 1 aliphatic carbocycles. The van der Waals surface area contributed by atoms with E-state index in [-0.39, 0.29) is 18.6 Å². The third-order valence-corrected chi connectivity index (χ3v) is 4.44. The lowest BCUT2D eigenvalue weighted by Gasteiger charge is -2.08. The molecule has 5 nitrogen and oxygen atoms in total. The Balaban J connectivity index is 1.51. The minimum atomic E-state index is -0.109. The van der Waals surface area contributed by atoms with Crippen molar-refractivity contribution in [1.82, 2.24) is 15.1 Å². The van der Waals surface area contributed by atoms with Crippen LogP contribution in [0.3, 0.4) is 0 Å². The second-order valence-corrected chi connectivity index (χ2v) is 6.42. The average molecular weight is 334 g/mol. The van der Waals surface area contributed by atoms with Crippen LogP contribution in [-0.2, 0) is 11.8 Å². The summed E-state index contributed by atoms with van der Waals surface area (Å²) < 4.78 is 7.37. The molecule has 0 bridgehead atoms. The summed E-state index contributed by atoms with van der Waals surface area (Å²) in [6, 6.07) is 7.96. The number of carbonyl (C=O) groups excluding carboxylic acids is 1. The van der Waals surface area contributed by atoms with Crippen molar-refractivity contribution in [3.8, 4) is 5.75 Å². The maximum atomic E-state index is 12.1. The maximum absolute atomic E-state index is 12.1. The molecule has 23 heavy (non-hydrogen) atoms. The fraction of sp³-hybridized carbons (Fsp3) is 0.412. The second kappa shape index (κ2) is 6.24. The van der Waals surface area contributed by atoms with E-state index in [1.807, 2.05) is 45.2 Å². The third-order valence-electron chi connectivity index (χ3n) is 4.20. The van der Waals surface area contributed by atoms with E-state index < -0.39 is 0 Å². The van der Waals surface area contributed by atoms with E-state index in [0.717, 1.165) is 22.8 Å². The van der Waals surface area contributed by atoms with Gasteiger partial charge in [0.25, 0.3) is 5.91 Å². The number of amides is 1. The number of carbonyl (C=O) groups is 1. The Morgan fingerprint density at radius 3 is 2.91 bits per heavy atom. The van der Waals surface area contributed by atoms with Crippen molar-refractivity contribution >= 4 is 17.5 Å². The summed E-state index contributed by atoms with van der Waals surface area (Å²) in [6.45, 7) is 3.80. The van der Waals surface area contributed by atoms with E-state index >= 15 is 0 Å². The van der Waals surface area contributed by atoms with Gasteiger partial charge in [0.2, 0.25) is 0 Å². The lowest BCUT2D eigenvalue weighted by atomic mass is 10.1. The first kappa shape index (κ1) is 15.9. The molecule has 122 valence electrons. The van der Waals surface area contributed by atoms with E-state index in [0.29, 0.717) is 11.7 Å². The van der Waals surface area contributed by atoms with Crippen LogP contribution in [0.4, 0.5) is 0 Å². The summed E-state index contributed by atoms with van der Waals surface area (Å²) in [4.78, 5) is 12.1. The van der Waals surface area contributed by atoms with E-state index in [4.69, 9.17) is 16.3 Å². The lowest BCUT2D eigenvalue weighted by Crippen LogP contribution is -2.31. The van der Waals surface area contributed by atoms with Gasteiger partial charge in [0.05, 0.1) is 5.69 Å². The van der Waals surface area contributed by atoms with Crippen LogP contribution in [0.2, 0.25) is 5.02 Å². The summed E-state index contributed by atoms with van der Waals surface area (Å²) in [5.41, 5.74) is 2.88. The normalized spacial score (nSPS) is 19.5. The molecular formula is C17H20ClN3O2. The summed E-state index contributed by atoms with van der Waals surface area (Å²) in [7, 11) is 1.86. The van der Waals surface area contributed by atoms with Gasteiger partial charge < -0.3 is 10.1 Å². The molecule has 1 aliphatic rings. The molecule has 0 aliphatic heterocycles. The van der Waals surface area contributed by atoms with Gasteiger partial charge >= 0.3 is 0 Å². The highest BCUT2D eigenvalue weighted by Gasteiger charge is 2.39. The van der Waals surface area contributed by atoms with Gasteiger partial charge in [-0.3, -0.25) is 9.48 Å². The monoisotopic (exact) mass is 333 g/mol. The van der Waals surface area contributed by atoms with Crippen molar-refractivity contribution in [2.24, 2.45) is 7.05 Å². The number of ether oxygens (including phenoxy) is 1. The summed E-state index contributed by atoms with van der Waals surface area (Å²) in [6.07, 6.45) is 0.941. The van der Waals surface area contributed by atoms with Gasteiger partial charge in [-0.25, -0.2) is 0 Å². The number of halogens is 1. The number of aromatic nitrogens is 2. The van der Waals surface area contributed by atoms with E-state index in [2.05, 4.69) is 10.4 Å². The number of hydrogen-bond acceptors (Lipinski definition) is 3. The van der Waals surface area contributed by atoms with Crippen LogP contribution in [0.5, 0.6) is 5.75 Å². The van der Waals surface area contributed by atoms with Crippen LogP contribution < -0.4 is 10.1 Å². The fourth-order valence-electron chi connectivity index (χ4n) is 2.81. The quantitative estimate of drug-likeness (QED) is 0.915. The Kier molecular flexibility index (Phi) is 4.31. The first-order valence-corrected chi connectivity index (χ1v) is 8.01. The molecule has 3 rings (SSSR count). The van der Waals surface area contributed by atoms with Crippen molar-refractivity contribution in [3.63, 3.8) is 0 Å². The average Bonchev–Trinajstić information content (AvgIpc) is 3.21. The van der Waals surface area contributed by atoms with E-state index in [1.165, 1.54) is 5.56 Å². The van der Waals surface area contributed by atoms with Gasteiger partial charge in [0, 0.05) is 24.0 Å². The van der Waals surface area contributed by atoms with Crippen molar-refractivity contribution in [1.29, 1.82) is 0 Å². The largest absolute Gasteiger partial charge is 0.480 e. The predicted octanol–water partition coefficient (Wildman–Crippen LogP) is 2.74. The molecule has 1 aromatic heterocycles. The smallest absolute Gasteiger partial charge is 0.258 e. The number of hydrogen-bond donors (Lipinski definition) is 1. The highest BCUT2D eigenvalue weighted by molar-refractivity contribution is 6.30. The molecule has 6 heteroatoms. The SMILES string of the molecule is Cc1nn(C)c(C)c1OCC(=O)N[C@@H]1C[C@H]1c1cccc(Cl)c1. The molecule has 1 amide bonds. The zero-order valence-corrected chi connectivity index (χ0v) is 14.2. The van der Waals surface area contributed by atoms with Crippen molar-refractivity contribution < 1.29 is 9.53 Å². The van der Waals surface area contributed by atoms with Gasteiger partial charge in [0.1, 0.15) is 5.69 Å². The predicted molar refractivity (Wildman–Crippen MR) is 88.9 cm³/mol. The highest BCUT2D eigenvalue weighted by Crippen LogP contribution is 2.41. The second-order valence-electron chi connectivity index (χ2n) is 5.98.